The number of aromatic nitrogens is 4. The third-order valence-electron chi connectivity index (χ3n) is 7.60. The number of carbonyl (C=O) groups is 1. The molecule has 0 aliphatic heterocycles. The lowest BCUT2D eigenvalue weighted by molar-refractivity contribution is 0.0934. The van der Waals surface area contributed by atoms with Crippen molar-refractivity contribution < 1.29 is 19.6 Å². The van der Waals surface area contributed by atoms with Crippen molar-refractivity contribution >= 4 is 17.2 Å². The third-order valence-corrected chi connectivity index (χ3v) is 7.60. The maximum absolute atomic E-state index is 12.0. The average Bonchev–Trinajstić information content (AvgIpc) is 3.11. The molecule has 50 heavy (non-hydrogen) atoms. The van der Waals surface area contributed by atoms with E-state index < -0.39 is 6.10 Å². The molecule has 4 aromatic heterocycles. The molecule has 0 amide bonds. The summed E-state index contributed by atoms with van der Waals surface area (Å²) in [6, 6.07) is 23.0. The summed E-state index contributed by atoms with van der Waals surface area (Å²) in [4.78, 5) is 40.6. The number of rotatable bonds is 16. The number of nitrogens with zero attached hydrogens (tertiary/aromatic N) is 6. The van der Waals surface area contributed by atoms with Crippen molar-refractivity contribution in [2.24, 2.45) is 22.1 Å². The quantitative estimate of drug-likeness (QED) is 0.0548. The van der Waals surface area contributed by atoms with E-state index in [-0.39, 0.29) is 17.6 Å². The molecule has 4 heterocycles. The first-order chi connectivity index (χ1) is 23.9. The number of oxime groups is 2. The van der Waals surface area contributed by atoms with Crippen molar-refractivity contribution in [1.82, 2.24) is 19.9 Å². The van der Waals surface area contributed by atoms with Crippen molar-refractivity contribution in [1.29, 1.82) is 0 Å². The Morgan fingerprint density at radius 3 is 1.60 bits per heavy atom. The Balaban J connectivity index is 0.000000270. The first-order valence-electron chi connectivity index (χ1n) is 17.3. The largest absolute Gasteiger partial charge is 0.396 e. The molecule has 1 unspecified atom stereocenters. The van der Waals surface area contributed by atoms with E-state index in [1.54, 1.807) is 6.07 Å². The van der Waals surface area contributed by atoms with Crippen LogP contribution in [0.25, 0.3) is 0 Å². The highest BCUT2D eigenvalue weighted by molar-refractivity contribution is 5.97. The molecule has 1 N–H and O–H groups in total. The van der Waals surface area contributed by atoms with Gasteiger partial charge in [0.15, 0.2) is 5.78 Å². The average molecular weight is 681 g/mol. The van der Waals surface area contributed by atoms with Gasteiger partial charge >= 0.3 is 0 Å². The number of aliphatic hydroxyl groups excluding tert-OH is 1. The van der Waals surface area contributed by atoms with Crippen molar-refractivity contribution in [3.05, 3.63) is 118 Å². The normalized spacial score (nSPS) is 12.4. The summed E-state index contributed by atoms with van der Waals surface area (Å²) in [5, 5.41) is 18.4. The fraction of sp³-hybridized carbons (Fsp3) is 0.425. The predicted molar refractivity (Wildman–Crippen MR) is 198 cm³/mol. The zero-order valence-corrected chi connectivity index (χ0v) is 30.8. The van der Waals surface area contributed by atoms with Gasteiger partial charge in [0.25, 0.3) is 0 Å². The number of aliphatic hydroxyl groups is 1. The van der Waals surface area contributed by atoms with Crippen LogP contribution in [0.15, 0.2) is 83.1 Å². The second-order valence-corrected chi connectivity index (χ2v) is 12.8. The van der Waals surface area contributed by atoms with Gasteiger partial charge in [0.05, 0.1) is 23.2 Å². The van der Waals surface area contributed by atoms with E-state index in [2.05, 4.69) is 30.2 Å². The molecule has 10 heteroatoms. The lowest BCUT2D eigenvalue weighted by Crippen LogP contribution is -2.10. The number of ketones is 1. The van der Waals surface area contributed by atoms with Crippen LogP contribution in [0.1, 0.15) is 111 Å². The molecule has 0 saturated carbocycles. The minimum Gasteiger partial charge on any atom is -0.396 e. The van der Waals surface area contributed by atoms with Crippen LogP contribution in [0.3, 0.4) is 0 Å². The first-order valence-corrected chi connectivity index (χ1v) is 17.3. The van der Waals surface area contributed by atoms with Gasteiger partial charge in [-0.25, -0.2) is 4.98 Å². The van der Waals surface area contributed by atoms with Gasteiger partial charge in [0.1, 0.15) is 30.3 Å². The van der Waals surface area contributed by atoms with E-state index >= 15 is 0 Å². The highest BCUT2D eigenvalue weighted by atomic mass is 16.6. The standard InChI is InChI=1S/C20H27N3O2.C20H25N3O2/c2*1-14(2)20(24)19-12-6-9-17(22-19)10-7-13-25-23-16(4)18-11-5-8-15(3)21-18/h5-6,8-9,11-12,14,20,24H,7,10,13H2,1-4H3;5-6,8-9,11-12,14H,7,10,13H2,1-4H3/b2*23-16+. The first kappa shape index (κ1) is 39.6. The number of pyridine rings is 4. The van der Waals surface area contributed by atoms with Crippen LogP contribution >= 0.6 is 0 Å². The van der Waals surface area contributed by atoms with Gasteiger partial charge in [0, 0.05) is 28.7 Å². The van der Waals surface area contributed by atoms with Gasteiger partial charge in [-0.2, -0.15) is 0 Å². The number of hydrogen-bond donors (Lipinski definition) is 1. The molecule has 0 bridgehead atoms. The van der Waals surface area contributed by atoms with Crippen molar-refractivity contribution in [3.63, 3.8) is 0 Å². The Morgan fingerprint density at radius 1 is 0.660 bits per heavy atom. The van der Waals surface area contributed by atoms with E-state index in [1.807, 2.05) is 122 Å². The van der Waals surface area contributed by atoms with Crippen LogP contribution in [-0.2, 0) is 22.5 Å². The molecule has 0 aliphatic carbocycles. The molecule has 0 fully saturated rings. The zero-order chi connectivity index (χ0) is 36.5. The molecule has 0 aromatic carbocycles. The van der Waals surface area contributed by atoms with Gasteiger partial charge in [-0.05, 0) is 108 Å². The highest BCUT2D eigenvalue weighted by Gasteiger charge is 2.14. The molecule has 0 spiro atoms. The van der Waals surface area contributed by atoms with E-state index in [0.717, 1.165) is 77.0 Å². The fourth-order valence-corrected chi connectivity index (χ4v) is 4.70. The Hall–Kier alpha value is -4.83. The van der Waals surface area contributed by atoms with Crippen molar-refractivity contribution in [2.45, 2.75) is 87.2 Å². The van der Waals surface area contributed by atoms with Crippen LogP contribution in [0, 0.1) is 25.7 Å². The van der Waals surface area contributed by atoms with E-state index in [9.17, 15) is 9.90 Å². The van der Waals surface area contributed by atoms with E-state index in [0.29, 0.717) is 18.9 Å². The molecule has 0 radical (unpaired) electrons. The molecule has 4 rings (SSSR count). The fourth-order valence-electron chi connectivity index (χ4n) is 4.70. The lowest BCUT2D eigenvalue weighted by Gasteiger charge is -2.14. The van der Waals surface area contributed by atoms with Gasteiger partial charge in [-0.3, -0.25) is 19.7 Å². The summed E-state index contributed by atoms with van der Waals surface area (Å²) in [6.07, 6.45) is 2.61. The summed E-state index contributed by atoms with van der Waals surface area (Å²) in [5.74, 6) is 0.182. The van der Waals surface area contributed by atoms with E-state index in [4.69, 9.17) is 9.68 Å². The van der Waals surface area contributed by atoms with Gasteiger partial charge < -0.3 is 14.8 Å². The second kappa shape index (κ2) is 20.6. The Labute approximate surface area is 297 Å². The van der Waals surface area contributed by atoms with Gasteiger partial charge in [-0.1, -0.05) is 62.3 Å². The zero-order valence-electron chi connectivity index (χ0n) is 30.8. The van der Waals surface area contributed by atoms with Crippen LogP contribution in [0.2, 0.25) is 0 Å². The van der Waals surface area contributed by atoms with Crippen molar-refractivity contribution in [2.75, 3.05) is 13.2 Å². The van der Waals surface area contributed by atoms with Gasteiger partial charge in [-0.15, -0.1) is 0 Å². The number of hydrogen-bond acceptors (Lipinski definition) is 10. The number of carbonyl (C=O) groups excluding carboxylic acids is 1. The summed E-state index contributed by atoms with van der Waals surface area (Å²) in [6.45, 7) is 16.4. The maximum Gasteiger partial charge on any atom is 0.183 e. The minimum atomic E-state index is -0.523. The Morgan fingerprint density at radius 2 is 1.12 bits per heavy atom. The summed E-state index contributed by atoms with van der Waals surface area (Å²) >= 11 is 0. The Bertz CT molecular complexity index is 1720. The molecule has 0 saturated heterocycles. The molecular weight excluding hydrogens is 628 g/mol. The maximum atomic E-state index is 12.0. The number of Topliss-reactive ketones (excluding diaryl/α,β-unsaturated/α-hetero) is 1. The Kier molecular flexibility index (Phi) is 16.3. The monoisotopic (exact) mass is 680 g/mol. The SMILES string of the molecule is C/C(=N\OCCCc1cccc(C(=O)C(C)C)n1)c1cccc(C)n1.C/C(=N\OCCCc1cccc(C(O)C(C)C)n1)c1cccc(C)n1. The second-order valence-electron chi connectivity index (χ2n) is 12.8. The topological polar surface area (TPSA) is 132 Å². The molecule has 266 valence electrons. The third kappa shape index (κ3) is 13.6. The molecule has 1 atom stereocenters. The summed E-state index contributed by atoms with van der Waals surface area (Å²) in [5.41, 5.74) is 8.21. The minimum absolute atomic E-state index is 0.0429. The summed E-state index contributed by atoms with van der Waals surface area (Å²) < 4.78 is 0. The molecular formula is C40H52N6O4. The molecule has 10 nitrogen and oxygen atoms in total. The predicted octanol–water partition coefficient (Wildman–Crippen LogP) is 7.84. The summed E-state index contributed by atoms with van der Waals surface area (Å²) in [7, 11) is 0. The lowest BCUT2D eigenvalue weighted by atomic mass is 10.0. The van der Waals surface area contributed by atoms with Crippen LogP contribution in [-0.4, -0.2) is 55.5 Å². The molecule has 4 aromatic rings. The van der Waals surface area contributed by atoms with Crippen LogP contribution < -0.4 is 0 Å². The number of aryl methyl sites for hydroxylation is 4. The van der Waals surface area contributed by atoms with Crippen LogP contribution in [0.5, 0.6) is 0 Å². The van der Waals surface area contributed by atoms with Crippen molar-refractivity contribution in [3.8, 4) is 0 Å². The van der Waals surface area contributed by atoms with Crippen LogP contribution in [0.4, 0.5) is 0 Å². The van der Waals surface area contributed by atoms with E-state index in [1.165, 1.54) is 0 Å². The smallest absolute Gasteiger partial charge is 0.183 e. The highest BCUT2D eigenvalue weighted by Crippen LogP contribution is 2.19. The van der Waals surface area contributed by atoms with Gasteiger partial charge in [0.2, 0.25) is 0 Å². The molecule has 0 aliphatic rings.